The van der Waals surface area contributed by atoms with E-state index in [-0.39, 0.29) is 16.7 Å². The minimum absolute atomic E-state index is 0.0495. The molecule has 0 bridgehead atoms. The molecule has 1 aromatic carbocycles. The van der Waals surface area contributed by atoms with Crippen molar-refractivity contribution in [3.63, 3.8) is 0 Å². The van der Waals surface area contributed by atoms with E-state index in [0.29, 0.717) is 26.4 Å². The first-order chi connectivity index (χ1) is 11.3. The highest BCUT2D eigenvalue weighted by Gasteiger charge is 2.18. The van der Waals surface area contributed by atoms with Gasteiger partial charge in [-0.25, -0.2) is 13.6 Å². The van der Waals surface area contributed by atoms with Crippen LogP contribution in [-0.4, -0.2) is 28.5 Å². The van der Waals surface area contributed by atoms with Gasteiger partial charge in [-0.1, -0.05) is 0 Å². The van der Waals surface area contributed by atoms with Crippen molar-refractivity contribution in [2.45, 2.75) is 10.8 Å². The predicted molar refractivity (Wildman–Crippen MR) is 94.1 cm³/mol. The highest BCUT2D eigenvalue weighted by Crippen LogP contribution is 2.33. The van der Waals surface area contributed by atoms with E-state index < -0.39 is 10.0 Å². The van der Waals surface area contributed by atoms with Gasteiger partial charge in [0.05, 0.1) is 30.8 Å². The van der Waals surface area contributed by atoms with E-state index >= 15 is 0 Å². The monoisotopic (exact) mass is 434 g/mol. The number of hydrogen-bond donors (Lipinski definition) is 2. The summed E-state index contributed by atoms with van der Waals surface area (Å²) in [6.07, 6.45) is 0. The standard InChI is InChI=1S/C14H15BrN2O5S2/c1-21-8-5-10(13(22-2)11(15)6-8)14(18)17-7-9-3-4-12(23-9)24(16,19)20/h3-6H,7H2,1-2H3,(H,17,18)(H2,16,19,20). The molecule has 0 unspecified atom stereocenters. The van der Waals surface area contributed by atoms with Gasteiger partial charge >= 0.3 is 0 Å². The summed E-state index contributed by atoms with van der Waals surface area (Å²) < 4.78 is 33.5. The van der Waals surface area contributed by atoms with Crippen molar-refractivity contribution >= 4 is 43.2 Å². The van der Waals surface area contributed by atoms with Crippen LogP contribution in [0.15, 0.2) is 32.9 Å². The molecule has 0 atom stereocenters. The predicted octanol–water partition coefficient (Wildman–Crippen LogP) is 2.11. The molecule has 0 saturated heterocycles. The summed E-state index contributed by atoms with van der Waals surface area (Å²) in [5.74, 6) is 0.502. The molecular formula is C14H15BrN2O5S2. The van der Waals surface area contributed by atoms with Crippen LogP contribution in [0.5, 0.6) is 11.5 Å². The lowest BCUT2D eigenvalue weighted by molar-refractivity contribution is 0.0947. The zero-order chi connectivity index (χ0) is 17.9. The third-order valence-corrected chi connectivity index (χ3v) is 6.15. The highest BCUT2D eigenvalue weighted by molar-refractivity contribution is 9.10. The Morgan fingerprint density at radius 1 is 1.29 bits per heavy atom. The number of carbonyl (C=O) groups excluding carboxylic acids is 1. The van der Waals surface area contributed by atoms with E-state index in [4.69, 9.17) is 14.6 Å². The third-order valence-electron chi connectivity index (χ3n) is 3.04. The SMILES string of the molecule is COc1cc(Br)c(OC)c(C(=O)NCc2ccc(S(N)(=O)=O)s2)c1. The lowest BCUT2D eigenvalue weighted by Gasteiger charge is -2.12. The number of amides is 1. The summed E-state index contributed by atoms with van der Waals surface area (Å²) in [6.45, 7) is 0.164. The normalized spacial score (nSPS) is 11.2. The summed E-state index contributed by atoms with van der Waals surface area (Å²) in [4.78, 5) is 13.1. The van der Waals surface area contributed by atoms with Gasteiger partial charge < -0.3 is 14.8 Å². The van der Waals surface area contributed by atoms with Crippen LogP contribution in [0.2, 0.25) is 0 Å². The van der Waals surface area contributed by atoms with Gasteiger partial charge in [-0.2, -0.15) is 0 Å². The Hall–Kier alpha value is -1.62. The number of benzene rings is 1. The van der Waals surface area contributed by atoms with Gasteiger partial charge in [0.15, 0.2) is 0 Å². The fourth-order valence-corrected chi connectivity index (χ4v) is 4.25. The summed E-state index contributed by atoms with van der Waals surface area (Å²) in [7, 11) is -0.779. The van der Waals surface area contributed by atoms with Gasteiger partial charge in [0, 0.05) is 4.88 Å². The fourth-order valence-electron chi connectivity index (χ4n) is 1.93. The van der Waals surface area contributed by atoms with E-state index in [1.165, 1.54) is 20.3 Å². The second-order valence-electron chi connectivity index (χ2n) is 4.64. The first kappa shape index (κ1) is 18.7. The molecule has 1 amide bonds. The summed E-state index contributed by atoms with van der Waals surface area (Å²) in [5, 5.41) is 7.78. The molecule has 0 saturated carbocycles. The molecular weight excluding hydrogens is 420 g/mol. The second kappa shape index (κ2) is 7.51. The fraction of sp³-hybridized carbons (Fsp3) is 0.214. The minimum Gasteiger partial charge on any atom is -0.497 e. The summed E-state index contributed by atoms with van der Waals surface area (Å²) >= 11 is 4.33. The van der Waals surface area contributed by atoms with E-state index in [0.717, 1.165) is 11.3 Å². The first-order valence-electron chi connectivity index (χ1n) is 6.57. The van der Waals surface area contributed by atoms with Crippen molar-refractivity contribution in [2.75, 3.05) is 14.2 Å². The smallest absolute Gasteiger partial charge is 0.255 e. The molecule has 0 fully saturated rings. The number of sulfonamides is 1. The van der Waals surface area contributed by atoms with Crippen LogP contribution in [0.1, 0.15) is 15.2 Å². The van der Waals surface area contributed by atoms with Crippen molar-refractivity contribution in [2.24, 2.45) is 5.14 Å². The number of primary sulfonamides is 1. The van der Waals surface area contributed by atoms with Gasteiger partial charge in [-0.05, 0) is 40.2 Å². The third kappa shape index (κ3) is 4.26. The van der Waals surface area contributed by atoms with Crippen LogP contribution in [0.4, 0.5) is 0 Å². The average molecular weight is 435 g/mol. The van der Waals surface area contributed by atoms with Crippen molar-refractivity contribution in [1.29, 1.82) is 0 Å². The lowest BCUT2D eigenvalue weighted by Crippen LogP contribution is -2.23. The number of methoxy groups -OCH3 is 2. The Bertz CT molecular complexity index is 864. The largest absolute Gasteiger partial charge is 0.497 e. The van der Waals surface area contributed by atoms with Gasteiger partial charge in [0.25, 0.3) is 5.91 Å². The van der Waals surface area contributed by atoms with E-state index in [2.05, 4.69) is 21.2 Å². The number of hydrogen-bond acceptors (Lipinski definition) is 6. The Morgan fingerprint density at radius 3 is 2.54 bits per heavy atom. The zero-order valence-corrected chi connectivity index (χ0v) is 16.0. The maximum absolute atomic E-state index is 12.4. The molecule has 2 rings (SSSR count). The number of rotatable bonds is 6. The average Bonchev–Trinajstić information content (AvgIpc) is 3.00. The van der Waals surface area contributed by atoms with Crippen LogP contribution < -0.4 is 19.9 Å². The Morgan fingerprint density at radius 2 is 2.00 bits per heavy atom. The Labute approximate surface area is 151 Å². The molecule has 0 aliphatic rings. The van der Waals surface area contributed by atoms with Crippen LogP contribution >= 0.6 is 27.3 Å². The molecule has 0 spiro atoms. The van der Waals surface area contributed by atoms with Gasteiger partial charge in [0.2, 0.25) is 10.0 Å². The van der Waals surface area contributed by atoms with Gasteiger partial charge in [-0.15, -0.1) is 11.3 Å². The number of nitrogens with one attached hydrogen (secondary N) is 1. The highest BCUT2D eigenvalue weighted by atomic mass is 79.9. The number of nitrogens with two attached hydrogens (primary N) is 1. The zero-order valence-electron chi connectivity index (χ0n) is 12.8. The van der Waals surface area contributed by atoms with Gasteiger partial charge in [-0.3, -0.25) is 4.79 Å². The molecule has 130 valence electrons. The van der Waals surface area contributed by atoms with E-state index in [9.17, 15) is 13.2 Å². The van der Waals surface area contributed by atoms with Crippen LogP contribution in [0, 0.1) is 0 Å². The Balaban J connectivity index is 2.18. The van der Waals surface area contributed by atoms with Crippen molar-refractivity contribution in [3.8, 4) is 11.5 Å². The lowest BCUT2D eigenvalue weighted by atomic mass is 10.1. The quantitative estimate of drug-likeness (QED) is 0.723. The maximum atomic E-state index is 12.4. The van der Waals surface area contributed by atoms with Crippen LogP contribution in [0.3, 0.4) is 0 Å². The molecule has 24 heavy (non-hydrogen) atoms. The molecule has 0 aliphatic heterocycles. The number of thiophene rings is 1. The number of halogens is 1. The number of carbonyl (C=O) groups is 1. The number of ether oxygens (including phenoxy) is 2. The molecule has 1 aromatic heterocycles. The first-order valence-corrected chi connectivity index (χ1v) is 9.73. The van der Waals surface area contributed by atoms with Crippen LogP contribution in [0.25, 0.3) is 0 Å². The minimum atomic E-state index is -3.73. The molecule has 10 heteroatoms. The van der Waals surface area contributed by atoms with Crippen LogP contribution in [-0.2, 0) is 16.6 Å². The van der Waals surface area contributed by atoms with Crippen molar-refractivity contribution in [1.82, 2.24) is 5.32 Å². The Kier molecular flexibility index (Phi) is 5.86. The van der Waals surface area contributed by atoms with Crippen molar-refractivity contribution < 1.29 is 22.7 Å². The molecule has 0 radical (unpaired) electrons. The maximum Gasteiger partial charge on any atom is 0.255 e. The van der Waals surface area contributed by atoms with E-state index in [1.807, 2.05) is 0 Å². The molecule has 1 heterocycles. The van der Waals surface area contributed by atoms with E-state index in [1.54, 1.807) is 18.2 Å². The van der Waals surface area contributed by atoms with Crippen molar-refractivity contribution in [3.05, 3.63) is 39.2 Å². The molecule has 3 N–H and O–H groups in total. The molecule has 2 aromatic rings. The molecule has 0 aliphatic carbocycles. The summed E-state index contributed by atoms with van der Waals surface area (Å²) in [5.41, 5.74) is 0.298. The van der Waals surface area contributed by atoms with Gasteiger partial charge in [0.1, 0.15) is 15.7 Å². The second-order valence-corrected chi connectivity index (χ2v) is 8.45. The summed E-state index contributed by atoms with van der Waals surface area (Å²) in [6, 6.07) is 6.25. The topological polar surface area (TPSA) is 108 Å². The molecule has 7 nitrogen and oxygen atoms in total.